The number of hydrogen-bond acceptors (Lipinski definition) is 1. The molecule has 0 aliphatic heterocycles. The number of nitrogens with zero attached hydrogens (tertiary/aromatic N) is 1. The van der Waals surface area contributed by atoms with Gasteiger partial charge in [0.2, 0.25) is 5.91 Å². The lowest BCUT2D eigenvalue weighted by Gasteiger charge is -2.04. The fraction of sp³-hybridized carbons (Fsp3) is 0.444. The third-order valence-corrected chi connectivity index (χ3v) is 1.22. The average Bonchev–Trinajstić information content (AvgIpc) is 2.04. The molecule has 0 aromatic rings. The van der Waals surface area contributed by atoms with Gasteiger partial charge in [-0.3, -0.25) is 4.79 Å². The van der Waals surface area contributed by atoms with E-state index in [1.54, 1.807) is 13.8 Å². The fourth-order valence-corrected chi connectivity index (χ4v) is 0.750. The van der Waals surface area contributed by atoms with Crippen molar-refractivity contribution in [2.45, 2.75) is 20.3 Å². The Morgan fingerprint density at radius 1 is 1.33 bits per heavy atom. The van der Waals surface area contributed by atoms with E-state index < -0.39 is 0 Å². The summed E-state index contributed by atoms with van der Waals surface area (Å²) in [5.41, 5.74) is 0. The van der Waals surface area contributed by atoms with Crippen LogP contribution in [0.25, 0.3) is 0 Å². The molecule has 3 heteroatoms. The fourth-order valence-electron chi connectivity index (χ4n) is 0.575. The molecule has 0 atom stereocenters. The summed E-state index contributed by atoms with van der Waals surface area (Å²) in [6, 6.07) is 5.16. The van der Waals surface area contributed by atoms with Gasteiger partial charge >= 0.3 is 0 Å². The topological polar surface area (TPSA) is 20.3 Å². The second kappa shape index (κ2) is 6.64. The van der Waals surface area contributed by atoms with Gasteiger partial charge < -0.3 is 0 Å². The first-order chi connectivity index (χ1) is 5.76. The summed E-state index contributed by atoms with van der Waals surface area (Å²) in [5, 5.41) is 0. The highest BCUT2D eigenvalue weighted by atomic mass is 32.1. The minimum atomic E-state index is -0.131. The zero-order chi connectivity index (χ0) is 9.40. The lowest BCUT2D eigenvalue weighted by atomic mass is 10.4. The first-order valence-electron chi connectivity index (χ1n) is 3.52. The van der Waals surface area contributed by atoms with Crippen LogP contribution in [0.4, 0.5) is 0 Å². The quantitative estimate of drug-likeness (QED) is 0.464. The van der Waals surface area contributed by atoms with Crippen molar-refractivity contribution in [3.63, 3.8) is 0 Å². The van der Waals surface area contributed by atoms with Gasteiger partial charge in [0.1, 0.15) is 0 Å². The predicted octanol–water partition coefficient (Wildman–Crippen LogP) is 1.36. The molecule has 0 fully saturated rings. The Morgan fingerprint density at radius 3 is 2.17 bits per heavy atom. The smallest absolute Gasteiger partial charge is 0.246 e. The van der Waals surface area contributed by atoms with Crippen LogP contribution in [0.15, 0.2) is 0 Å². The van der Waals surface area contributed by atoms with E-state index >= 15 is 0 Å². The van der Waals surface area contributed by atoms with Gasteiger partial charge in [-0.2, -0.15) is 4.90 Å². The highest BCUT2D eigenvalue weighted by Crippen LogP contribution is 1.92. The molecular weight excluding hydrogens is 170 g/mol. The van der Waals surface area contributed by atoms with E-state index in [4.69, 9.17) is 0 Å². The van der Waals surface area contributed by atoms with Gasteiger partial charge in [-0.25, -0.2) is 0 Å². The van der Waals surface area contributed by atoms with E-state index in [1.807, 2.05) is 0 Å². The molecule has 0 heterocycles. The first kappa shape index (κ1) is 10.9. The Bertz CT molecular complexity index is 244. The minimum Gasteiger partial charge on any atom is -0.273 e. The van der Waals surface area contributed by atoms with Crippen LogP contribution in [-0.2, 0) is 4.79 Å². The Balaban J connectivity index is 4.33. The monoisotopic (exact) mass is 180 g/mol. The largest absolute Gasteiger partial charge is 0.273 e. The Kier molecular flexibility index (Phi) is 6.05. The average molecular weight is 180 g/mol. The molecule has 0 rings (SSSR count). The van der Waals surface area contributed by atoms with Crippen LogP contribution in [0.2, 0.25) is 0 Å². The van der Waals surface area contributed by atoms with Crippen LogP contribution in [0, 0.1) is 23.9 Å². The van der Waals surface area contributed by atoms with E-state index in [9.17, 15) is 4.79 Å². The molecule has 0 aliphatic rings. The van der Waals surface area contributed by atoms with Gasteiger partial charge in [0.25, 0.3) is 0 Å². The Labute approximate surface area is 78.7 Å². The summed E-state index contributed by atoms with van der Waals surface area (Å²) in [7, 11) is 0. The van der Waals surface area contributed by atoms with Crippen molar-refractivity contribution < 1.29 is 4.79 Å². The number of carbonyl (C=O) groups is 1. The van der Waals surface area contributed by atoms with E-state index in [0.29, 0.717) is 12.2 Å². The number of amides is 1. The van der Waals surface area contributed by atoms with E-state index in [2.05, 4.69) is 36.6 Å². The van der Waals surface area contributed by atoms with Crippen LogP contribution in [0.5, 0.6) is 0 Å². The van der Waals surface area contributed by atoms with Crippen LogP contribution < -0.4 is 0 Å². The van der Waals surface area contributed by atoms with Gasteiger partial charge in [0.05, 0.1) is 0 Å². The number of hydrogen-bond donors (Lipinski definition) is 0. The van der Waals surface area contributed by atoms with Gasteiger partial charge in [0.15, 0.2) is 0 Å². The van der Waals surface area contributed by atoms with Gasteiger partial charge in [-0.05, 0) is 13.8 Å². The van der Waals surface area contributed by atoms with Gasteiger partial charge in [-0.15, -0.1) is 0 Å². The van der Waals surface area contributed by atoms with Crippen molar-refractivity contribution >= 4 is 18.5 Å². The maximum absolute atomic E-state index is 11.2. The molecule has 0 saturated carbocycles. The molecule has 0 N–H and O–H groups in total. The third kappa shape index (κ3) is 3.95. The van der Waals surface area contributed by atoms with E-state index in [0.717, 1.165) is 0 Å². The molecule has 0 aromatic carbocycles. The first-order valence-corrected chi connectivity index (χ1v) is 4.09. The lowest BCUT2D eigenvalue weighted by molar-refractivity contribution is -0.125. The van der Waals surface area contributed by atoms with Crippen molar-refractivity contribution in [3.05, 3.63) is 0 Å². The molecular formula is C9H10NOS. The SMILES string of the molecule is CC#CN(C#CC)C(=O)CC[S]. The molecule has 1 amide bonds. The summed E-state index contributed by atoms with van der Waals surface area (Å²) < 4.78 is 0. The summed E-state index contributed by atoms with van der Waals surface area (Å²) in [5.74, 6) is 5.50. The molecule has 0 aromatic heterocycles. The lowest BCUT2D eigenvalue weighted by Crippen LogP contribution is -2.21. The Hall–Kier alpha value is -1.06. The maximum Gasteiger partial charge on any atom is 0.246 e. The minimum absolute atomic E-state index is 0.131. The van der Waals surface area contributed by atoms with Crippen molar-refractivity contribution in [1.82, 2.24) is 4.90 Å². The van der Waals surface area contributed by atoms with Crippen LogP contribution in [0.1, 0.15) is 20.3 Å². The zero-order valence-electron chi connectivity index (χ0n) is 7.18. The molecule has 0 aliphatic carbocycles. The van der Waals surface area contributed by atoms with Crippen molar-refractivity contribution in [1.29, 1.82) is 0 Å². The van der Waals surface area contributed by atoms with Crippen LogP contribution in [0.3, 0.4) is 0 Å². The van der Waals surface area contributed by atoms with Crippen LogP contribution in [-0.4, -0.2) is 16.6 Å². The highest BCUT2D eigenvalue weighted by Gasteiger charge is 2.06. The molecule has 12 heavy (non-hydrogen) atoms. The number of carbonyl (C=O) groups excluding carboxylic acids is 1. The second-order valence-electron chi connectivity index (χ2n) is 1.91. The summed E-state index contributed by atoms with van der Waals surface area (Å²) in [6.45, 7) is 3.32. The molecule has 0 saturated heterocycles. The van der Waals surface area contributed by atoms with E-state index in [-0.39, 0.29) is 5.91 Å². The summed E-state index contributed by atoms with van der Waals surface area (Å²) >= 11 is 4.67. The third-order valence-electron chi connectivity index (χ3n) is 1.01. The Morgan fingerprint density at radius 2 is 1.83 bits per heavy atom. The van der Waals surface area contributed by atoms with Gasteiger partial charge in [0, 0.05) is 24.3 Å². The highest BCUT2D eigenvalue weighted by molar-refractivity contribution is 7.80. The van der Waals surface area contributed by atoms with Gasteiger partial charge in [-0.1, -0.05) is 24.5 Å². The van der Waals surface area contributed by atoms with Crippen molar-refractivity contribution in [2.24, 2.45) is 0 Å². The normalized spacial score (nSPS) is 7.25. The van der Waals surface area contributed by atoms with Crippen LogP contribution >= 0.6 is 12.6 Å². The second-order valence-corrected chi connectivity index (χ2v) is 2.32. The number of rotatable bonds is 2. The predicted molar refractivity (Wildman–Crippen MR) is 50.8 cm³/mol. The molecule has 1 radical (unpaired) electrons. The maximum atomic E-state index is 11.2. The molecule has 0 bridgehead atoms. The zero-order valence-corrected chi connectivity index (χ0v) is 7.99. The summed E-state index contributed by atoms with van der Waals surface area (Å²) in [4.78, 5) is 12.4. The standard InChI is InChI=1S/C9H10NOS/c1-3-6-10(7-4-2)9(11)5-8-12/h5,8H2,1-2H3. The molecule has 0 unspecified atom stereocenters. The van der Waals surface area contributed by atoms with Crippen molar-refractivity contribution in [3.8, 4) is 23.9 Å². The molecule has 2 nitrogen and oxygen atoms in total. The molecule has 63 valence electrons. The molecule has 0 spiro atoms. The van der Waals surface area contributed by atoms with E-state index in [1.165, 1.54) is 4.90 Å². The van der Waals surface area contributed by atoms with Crippen molar-refractivity contribution in [2.75, 3.05) is 5.75 Å². The summed E-state index contributed by atoms with van der Waals surface area (Å²) in [6.07, 6.45) is 0.318.